The summed E-state index contributed by atoms with van der Waals surface area (Å²) in [6.45, 7) is 3.16. The van der Waals surface area contributed by atoms with Gasteiger partial charge in [0.2, 0.25) is 53.2 Å². The number of carbonyl (C=O) groups excluding carboxylic acids is 13. The maximum Gasteiger partial charge on any atom is 0.508 e. The second-order valence-corrected chi connectivity index (χ2v) is 21.6. The fourth-order valence-electron chi connectivity index (χ4n) is 9.80. The molecule has 7 rings (SSSR count). The maximum absolute atomic E-state index is 14.9. The van der Waals surface area contributed by atoms with E-state index in [1.807, 2.05) is 0 Å². The molecule has 1 aromatic carbocycles. The number of nitrogens with one attached hydrogen (secondary N) is 9. The number of primary amides is 1. The lowest BCUT2D eigenvalue weighted by atomic mass is 9.93. The summed E-state index contributed by atoms with van der Waals surface area (Å²) in [7, 11) is 0. The lowest BCUT2D eigenvalue weighted by molar-refractivity contribution is -0.171. The first-order valence-electron chi connectivity index (χ1n) is 27.0. The molecular weight excluding hydrogens is 1100 g/mol. The molecule has 5 unspecified atom stereocenters. The third-order valence-corrected chi connectivity index (χ3v) is 15.7. The lowest BCUT2D eigenvalue weighted by Crippen LogP contribution is -2.62. The minimum atomic E-state index is -1.77. The van der Waals surface area contributed by atoms with Crippen LogP contribution >= 0.6 is 11.8 Å². The van der Waals surface area contributed by atoms with Crippen LogP contribution in [0.25, 0.3) is 10.9 Å². The number of amides is 12. The van der Waals surface area contributed by atoms with Crippen molar-refractivity contribution in [1.29, 1.82) is 0 Å². The first-order valence-corrected chi connectivity index (χ1v) is 28.0. The van der Waals surface area contributed by atoms with Gasteiger partial charge in [0.1, 0.15) is 54.7 Å². The molecule has 2 aromatic rings. The van der Waals surface area contributed by atoms with Gasteiger partial charge in [-0.25, -0.2) is 9.59 Å². The Hall–Kier alpha value is -8.22. The SMILES string of the molecule is CCC(C)[C@@H]1NC(=O)CNC(=O)C2Cc3c([nH]c4cc(OCCCCCCNC(=O)ON5C(=O)CCC5=O)ccc34)SC[C@@H](NC(=O)CNC1=O)C(=O)N[C@@H](CC(N)=O)C(=O)N1CC(O)CC1C(=O)N[C@@H]([C@@H](C)C1COC(=O)O1)C(=O)N2. The number of unbranched alkanes of at least 4 members (excludes halogenated alkanes) is 3. The van der Waals surface area contributed by atoms with Crippen molar-refractivity contribution in [2.24, 2.45) is 17.6 Å². The summed E-state index contributed by atoms with van der Waals surface area (Å²) in [4.78, 5) is 183. The number of aliphatic hydroxyl groups is 1. The zero-order valence-corrected chi connectivity index (χ0v) is 46.1. The fraction of sp³-hybridized carbons (Fsp3) is 0.588. The van der Waals surface area contributed by atoms with Crippen LogP contribution in [-0.2, 0) is 73.5 Å². The highest BCUT2D eigenvalue weighted by molar-refractivity contribution is 7.99. The predicted octanol–water partition coefficient (Wildman–Crippen LogP) is -2.73. The topological polar surface area (TPSA) is 424 Å². The number of nitrogens with zero attached hydrogens (tertiary/aromatic N) is 2. The number of carbonyl (C=O) groups is 13. The fourth-order valence-corrected chi connectivity index (χ4v) is 10.9. The van der Waals surface area contributed by atoms with E-state index in [0.717, 1.165) is 16.7 Å². The van der Waals surface area contributed by atoms with Crippen LogP contribution in [0.2, 0.25) is 0 Å². The van der Waals surface area contributed by atoms with Crippen molar-refractivity contribution in [2.75, 3.05) is 45.1 Å². The van der Waals surface area contributed by atoms with E-state index in [9.17, 15) is 67.4 Å². The number of hydrogen-bond acceptors (Lipinski definition) is 19. The minimum Gasteiger partial charge on any atom is -0.494 e. The van der Waals surface area contributed by atoms with Crippen molar-refractivity contribution in [1.82, 2.24) is 57.5 Å². The van der Waals surface area contributed by atoms with E-state index in [1.54, 1.807) is 32.0 Å². The molecule has 0 radical (unpaired) electrons. The number of H-pyrrole nitrogens is 1. The molecule has 0 saturated carbocycles. The number of hydroxylamine groups is 2. The number of cyclic esters (lactones) is 2. The number of hydrogen-bond donors (Lipinski definition) is 11. The minimum absolute atomic E-state index is 0.0279. The van der Waals surface area contributed by atoms with Crippen LogP contribution in [0, 0.1) is 11.8 Å². The van der Waals surface area contributed by atoms with Crippen molar-refractivity contribution < 1.29 is 86.5 Å². The van der Waals surface area contributed by atoms with Crippen molar-refractivity contribution in [3.63, 3.8) is 0 Å². The zero-order chi connectivity index (χ0) is 59.4. The van der Waals surface area contributed by atoms with Gasteiger partial charge in [0, 0.05) is 61.9 Å². The molecule has 5 aliphatic heterocycles. The van der Waals surface area contributed by atoms with E-state index < -0.39 is 164 Å². The third-order valence-electron chi connectivity index (χ3n) is 14.6. The molecule has 3 saturated heterocycles. The number of aliphatic hydroxyl groups excluding tert-OH is 1. The Morgan fingerprint density at radius 2 is 1.54 bits per heavy atom. The molecule has 2 bridgehead atoms. The number of benzene rings is 1. The molecule has 0 aliphatic carbocycles. The molecule has 446 valence electrons. The Balaban J connectivity index is 1.23. The summed E-state index contributed by atoms with van der Waals surface area (Å²) >= 11 is 0.973. The third kappa shape index (κ3) is 15.8. The molecule has 3 fully saturated rings. The number of aromatic amines is 1. The van der Waals surface area contributed by atoms with Gasteiger partial charge in [0.25, 0.3) is 11.8 Å². The highest BCUT2D eigenvalue weighted by Crippen LogP contribution is 2.34. The summed E-state index contributed by atoms with van der Waals surface area (Å²) in [5.74, 6) is -11.2. The Labute approximate surface area is 473 Å². The van der Waals surface area contributed by atoms with Gasteiger partial charge in [0.15, 0.2) is 0 Å². The molecular formula is C51H68N12O18S. The molecule has 31 heteroatoms. The highest BCUT2D eigenvalue weighted by Gasteiger charge is 2.46. The van der Waals surface area contributed by atoms with E-state index >= 15 is 0 Å². The van der Waals surface area contributed by atoms with Crippen molar-refractivity contribution in [3.8, 4) is 5.75 Å². The molecule has 10 atom stereocenters. The summed E-state index contributed by atoms with van der Waals surface area (Å²) in [5, 5.41) is 32.6. The van der Waals surface area contributed by atoms with Gasteiger partial charge >= 0.3 is 12.2 Å². The number of ether oxygens (including phenoxy) is 3. The first kappa shape index (κ1) is 61.4. The maximum atomic E-state index is 14.9. The van der Waals surface area contributed by atoms with Crippen LogP contribution in [0.4, 0.5) is 9.59 Å². The Kier molecular flexibility index (Phi) is 20.9. The normalized spacial score (nSPS) is 26.1. The standard InChI is InChI=1S/C51H68N12O18S/c1-4-24(2)41-46(73)55-19-37(66)56-33-23-82-48-29(28-10-9-27(16-30(28)59-48)78-14-8-6-5-7-13-53-50(76)81-63-39(68)11-12-40(63)69)17-31(43(70)54-20-38(67)60-41)57-47(74)42(25(3)35-22-79-51(77)80-35)61-45(72)34-15-26(64)21-62(34)49(75)32(18-36(52)65)58-44(33)71/h9-10,16,24-26,31-35,41-42,59,64H,4-8,11-15,17-23H2,1-3H3,(H2,52,65)(H,53,76)(H,54,70)(H,55,73)(H,56,66)(H,57,74)(H,58,71)(H,60,67)(H,61,72)/t24?,25-,26?,31?,32-,33+,34?,35?,41-,42-/m0/s1. The summed E-state index contributed by atoms with van der Waals surface area (Å²) < 4.78 is 16.4. The van der Waals surface area contributed by atoms with Crippen molar-refractivity contribution in [2.45, 2.75) is 138 Å². The molecule has 12 amide bonds. The number of fused-ring (bicyclic) bond motifs is 5. The van der Waals surface area contributed by atoms with E-state index in [1.165, 1.54) is 6.92 Å². The van der Waals surface area contributed by atoms with Crippen LogP contribution in [0.3, 0.4) is 0 Å². The van der Waals surface area contributed by atoms with Crippen LogP contribution in [0.1, 0.15) is 84.1 Å². The summed E-state index contributed by atoms with van der Waals surface area (Å²) in [6.07, 6.45) is -3.13. The van der Waals surface area contributed by atoms with Crippen LogP contribution in [0.5, 0.6) is 5.75 Å². The smallest absolute Gasteiger partial charge is 0.494 e. The number of nitrogens with two attached hydrogens (primary N) is 1. The average molecular weight is 1170 g/mol. The number of thioether (sulfide) groups is 1. The monoisotopic (exact) mass is 1170 g/mol. The van der Waals surface area contributed by atoms with E-state index in [0.29, 0.717) is 64.4 Å². The number of rotatable bonds is 15. The number of aromatic nitrogens is 1. The Morgan fingerprint density at radius 3 is 2.23 bits per heavy atom. The van der Waals surface area contributed by atoms with E-state index in [-0.39, 0.29) is 51.2 Å². The van der Waals surface area contributed by atoms with E-state index in [4.69, 9.17) is 24.8 Å². The van der Waals surface area contributed by atoms with E-state index in [2.05, 4.69) is 47.5 Å². The molecule has 1 aromatic heterocycles. The lowest BCUT2D eigenvalue weighted by Gasteiger charge is -2.32. The largest absolute Gasteiger partial charge is 0.508 e. The molecule has 0 spiro atoms. The van der Waals surface area contributed by atoms with Gasteiger partial charge in [-0.05, 0) is 36.5 Å². The van der Waals surface area contributed by atoms with Gasteiger partial charge in [-0.3, -0.25) is 52.7 Å². The van der Waals surface area contributed by atoms with Gasteiger partial charge in [-0.1, -0.05) is 40.0 Å². The van der Waals surface area contributed by atoms with Gasteiger partial charge in [-0.15, -0.1) is 16.8 Å². The van der Waals surface area contributed by atoms with Gasteiger partial charge < -0.3 is 82.3 Å². The second kappa shape index (κ2) is 28.0. The molecule has 6 heterocycles. The average Bonchev–Trinajstić information content (AvgIpc) is 4.14. The summed E-state index contributed by atoms with van der Waals surface area (Å²) in [6, 6.07) is -4.33. The quantitative estimate of drug-likeness (QED) is 0.0490. The first-order chi connectivity index (χ1) is 39.1. The van der Waals surface area contributed by atoms with Crippen LogP contribution < -0.4 is 53.0 Å². The molecule has 82 heavy (non-hydrogen) atoms. The van der Waals surface area contributed by atoms with Crippen molar-refractivity contribution >= 4 is 99.9 Å². The second-order valence-electron chi connectivity index (χ2n) is 20.5. The van der Waals surface area contributed by atoms with Crippen molar-refractivity contribution in [3.05, 3.63) is 23.8 Å². The molecule has 5 aliphatic rings. The molecule has 30 nitrogen and oxygen atoms in total. The van der Waals surface area contributed by atoms with Crippen LogP contribution in [0.15, 0.2) is 23.2 Å². The molecule has 12 N–H and O–H groups in total. The summed E-state index contributed by atoms with van der Waals surface area (Å²) in [5.41, 5.74) is 6.40. The van der Waals surface area contributed by atoms with Gasteiger partial charge in [-0.2, -0.15) is 0 Å². The Bertz CT molecular complexity index is 2820. The number of imide groups is 1. The van der Waals surface area contributed by atoms with Gasteiger partial charge in [0.05, 0.1) is 42.8 Å². The highest BCUT2D eigenvalue weighted by atomic mass is 32.2. The zero-order valence-electron chi connectivity index (χ0n) is 45.3. The predicted molar refractivity (Wildman–Crippen MR) is 283 cm³/mol. The van der Waals surface area contributed by atoms with Crippen LogP contribution in [-0.4, -0.2) is 191 Å². The Morgan fingerprint density at radius 1 is 0.829 bits per heavy atom.